The molecule has 0 fully saturated rings. The Hall–Kier alpha value is -7.96. The summed E-state index contributed by atoms with van der Waals surface area (Å²) in [7, 11) is 0. The Labute approximate surface area is 336 Å². The van der Waals surface area contributed by atoms with Crippen LogP contribution in [0.15, 0.2) is 207 Å². The van der Waals surface area contributed by atoms with Crippen molar-refractivity contribution in [2.45, 2.75) is 0 Å². The van der Waals surface area contributed by atoms with Gasteiger partial charge in [-0.15, -0.1) is 0 Å². The Bertz CT molecular complexity index is 2770. The van der Waals surface area contributed by atoms with E-state index in [0.717, 1.165) is 78.1 Å². The van der Waals surface area contributed by atoms with Crippen LogP contribution in [0.25, 0.3) is 101 Å². The van der Waals surface area contributed by atoms with E-state index in [-0.39, 0.29) is 0 Å². The summed E-state index contributed by atoms with van der Waals surface area (Å²) in [5, 5.41) is 0.923. The van der Waals surface area contributed by atoms with E-state index in [1.54, 1.807) is 12.4 Å². The van der Waals surface area contributed by atoms with Crippen molar-refractivity contribution in [2.24, 2.45) is 0 Å². The molecule has 0 radical (unpaired) electrons. The summed E-state index contributed by atoms with van der Waals surface area (Å²) in [6.45, 7) is 0. The molecule has 0 atom stereocenters. The summed E-state index contributed by atoms with van der Waals surface area (Å²) in [5.41, 5.74) is 15.7. The molecule has 10 rings (SSSR count). The van der Waals surface area contributed by atoms with E-state index in [2.05, 4.69) is 125 Å². The summed E-state index contributed by atoms with van der Waals surface area (Å²) in [6, 6.07) is 58.9. The molecule has 6 heteroatoms. The van der Waals surface area contributed by atoms with E-state index in [1.807, 2.05) is 79.4 Å². The fourth-order valence-electron chi connectivity index (χ4n) is 7.36. The van der Waals surface area contributed by atoms with Gasteiger partial charge < -0.3 is 0 Å². The third kappa shape index (κ3) is 6.91. The highest BCUT2D eigenvalue weighted by Gasteiger charge is 2.19. The Balaban J connectivity index is 1.18. The lowest BCUT2D eigenvalue weighted by Gasteiger charge is -2.16. The normalized spacial score (nSPS) is 11.1. The van der Waals surface area contributed by atoms with Crippen molar-refractivity contribution >= 4 is 10.9 Å². The highest BCUT2D eigenvalue weighted by atomic mass is 14.9. The molecule has 5 aromatic carbocycles. The van der Waals surface area contributed by atoms with Crippen LogP contribution in [0.3, 0.4) is 0 Å². The molecule has 0 spiro atoms. The van der Waals surface area contributed by atoms with Crippen molar-refractivity contribution in [1.29, 1.82) is 0 Å². The molecule has 0 bridgehead atoms. The molecule has 5 heterocycles. The molecule has 272 valence electrons. The maximum absolute atomic E-state index is 5.35. The molecule has 0 unspecified atom stereocenters. The van der Waals surface area contributed by atoms with Crippen LogP contribution in [-0.4, -0.2) is 29.9 Å². The van der Waals surface area contributed by atoms with Gasteiger partial charge in [-0.1, -0.05) is 109 Å². The van der Waals surface area contributed by atoms with Gasteiger partial charge in [-0.05, 0) is 99.6 Å². The standard InChI is InChI=1S/C52H34N6/c1-3-9-35(10-4-1)37-15-17-39(18-16-37)45-29-46(40-21-19-38(20-22-40)36-11-5-2-6-12-36)51-47(30-45)50(43-23-25-48(55-33-43)41-13-7-27-53-31-41)57-52(58-51)44-24-26-49(56-34-44)42-14-8-28-54-32-42/h1-34H. The van der Waals surface area contributed by atoms with Crippen molar-refractivity contribution in [3.63, 3.8) is 0 Å². The van der Waals surface area contributed by atoms with E-state index in [4.69, 9.17) is 19.9 Å². The van der Waals surface area contributed by atoms with Crippen LogP contribution in [0.2, 0.25) is 0 Å². The Morgan fingerprint density at radius 1 is 0.310 bits per heavy atom. The number of pyridine rings is 4. The van der Waals surface area contributed by atoms with Gasteiger partial charge in [0.15, 0.2) is 5.82 Å². The second-order valence-electron chi connectivity index (χ2n) is 14.1. The molecule has 0 saturated heterocycles. The number of rotatable bonds is 8. The number of benzene rings is 5. The van der Waals surface area contributed by atoms with Crippen LogP contribution in [0.5, 0.6) is 0 Å². The molecular weight excluding hydrogens is 709 g/mol. The zero-order chi connectivity index (χ0) is 38.7. The van der Waals surface area contributed by atoms with Crippen LogP contribution < -0.4 is 0 Å². The Morgan fingerprint density at radius 2 is 0.776 bits per heavy atom. The van der Waals surface area contributed by atoms with E-state index in [9.17, 15) is 0 Å². The minimum atomic E-state index is 0.575. The first-order valence-corrected chi connectivity index (χ1v) is 19.1. The van der Waals surface area contributed by atoms with Crippen LogP contribution >= 0.6 is 0 Å². The van der Waals surface area contributed by atoms with Gasteiger partial charge in [0, 0.05) is 70.4 Å². The highest BCUT2D eigenvalue weighted by Crippen LogP contribution is 2.40. The minimum Gasteiger partial charge on any atom is -0.264 e. The molecule has 0 saturated carbocycles. The van der Waals surface area contributed by atoms with Crippen molar-refractivity contribution in [3.05, 3.63) is 207 Å². The van der Waals surface area contributed by atoms with Gasteiger partial charge in [-0.2, -0.15) is 0 Å². The smallest absolute Gasteiger partial charge is 0.162 e. The maximum Gasteiger partial charge on any atom is 0.162 e. The quantitative estimate of drug-likeness (QED) is 0.154. The first kappa shape index (κ1) is 34.5. The lowest BCUT2D eigenvalue weighted by atomic mass is 9.92. The number of hydrogen-bond acceptors (Lipinski definition) is 6. The predicted octanol–water partition coefficient (Wildman–Crippen LogP) is 12.5. The largest absolute Gasteiger partial charge is 0.264 e. The van der Waals surface area contributed by atoms with Crippen molar-refractivity contribution < 1.29 is 0 Å². The fourth-order valence-corrected chi connectivity index (χ4v) is 7.36. The first-order chi connectivity index (χ1) is 28.7. The second-order valence-corrected chi connectivity index (χ2v) is 14.1. The molecule has 10 aromatic rings. The van der Waals surface area contributed by atoms with E-state index in [0.29, 0.717) is 5.82 Å². The SMILES string of the molecule is c1ccc(-c2ccc(-c3cc(-c4ccc(-c5ccccc5)cc4)c4nc(-c5ccc(-c6cccnc6)nc5)nc(-c5ccc(-c6cccnc6)nc5)c4c3)cc2)cc1. The highest BCUT2D eigenvalue weighted by molar-refractivity contribution is 6.04. The average Bonchev–Trinajstić information content (AvgIpc) is 3.32. The predicted molar refractivity (Wildman–Crippen MR) is 234 cm³/mol. The monoisotopic (exact) mass is 742 g/mol. The second kappa shape index (κ2) is 15.3. The van der Waals surface area contributed by atoms with Crippen molar-refractivity contribution in [3.8, 4) is 89.7 Å². The molecule has 0 aliphatic carbocycles. The zero-order valence-corrected chi connectivity index (χ0v) is 31.3. The van der Waals surface area contributed by atoms with Gasteiger partial charge >= 0.3 is 0 Å². The van der Waals surface area contributed by atoms with Crippen molar-refractivity contribution in [1.82, 2.24) is 29.9 Å². The molecule has 0 aliphatic rings. The summed E-state index contributed by atoms with van der Waals surface area (Å²) < 4.78 is 0. The van der Waals surface area contributed by atoms with Crippen LogP contribution in [0, 0.1) is 0 Å². The van der Waals surface area contributed by atoms with E-state index >= 15 is 0 Å². The summed E-state index contributed by atoms with van der Waals surface area (Å²) in [6.07, 6.45) is 10.9. The lowest BCUT2D eigenvalue weighted by Crippen LogP contribution is -1.99. The number of aromatic nitrogens is 6. The van der Waals surface area contributed by atoms with Crippen LogP contribution in [0.4, 0.5) is 0 Å². The average molecular weight is 743 g/mol. The Kier molecular flexibility index (Phi) is 9.10. The number of fused-ring (bicyclic) bond motifs is 1. The summed E-state index contributed by atoms with van der Waals surface area (Å²) >= 11 is 0. The lowest BCUT2D eigenvalue weighted by molar-refractivity contribution is 1.20. The summed E-state index contributed by atoms with van der Waals surface area (Å²) in [5.74, 6) is 0.575. The molecule has 58 heavy (non-hydrogen) atoms. The molecule has 6 nitrogen and oxygen atoms in total. The van der Waals surface area contributed by atoms with Gasteiger partial charge in [0.1, 0.15) is 0 Å². The Morgan fingerprint density at radius 3 is 1.28 bits per heavy atom. The van der Waals surface area contributed by atoms with Crippen LogP contribution in [-0.2, 0) is 0 Å². The number of hydrogen-bond donors (Lipinski definition) is 0. The van der Waals surface area contributed by atoms with Gasteiger partial charge in [0.2, 0.25) is 0 Å². The van der Waals surface area contributed by atoms with Gasteiger partial charge in [0.25, 0.3) is 0 Å². The van der Waals surface area contributed by atoms with Gasteiger partial charge in [-0.3, -0.25) is 19.9 Å². The van der Waals surface area contributed by atoms with E-state index < -0.39 is 0 Å². The van der Waals surface area contributed by atoms with Crippen LogP contribution in [0.1, 0.15) is 0 Å². The zero-order valence-electron chi connectivity index (χ0n) is 31.3. The minimum absolute atomic E-state index is 0.575. The number of nitrogens with zero attached hydrogens (tertiary/aromatic N) is 6. The van der Waals surface area contributed by atoms with E-state index in [1.165, 1.54) is 16.7 Å². The maximum atomic E-state index is 5.35. The third-order valence-electron chi connectivity index (χ3n) is 10.4. The molecule has 0 amide bonds. The topological polar surface area (TPSA) is 77.3 Å². The first-order valence-electron chi connectivity index (χ1n) is 19.1. The van der Waals surface area contributed by atoms with Crippen molar-refractivity contribution in [2.75, 3.05) is 0 Å². The molecule has 5 aromatic heterocycles. The molecular formula is C52H34N6. The van der Waals surface area contributed by atoms with Gasteiger partial charge in [-0.25, -0.2) is 9.97 Å². The summed E-state index contributed by atoms with van der Waals surface area (Å²) in [4.78, 5) is 29.0. The third-order valence-corrected chi connectivity index (χ3v) is 10.4. The van der Waals surface area contributed by atoms with Gasteiger partial charge in [0.05, 0.1) is 22.6 Å². The molecule has 0 aliphatic heterocycles. The fraction of sp³-hybridized carbons (Fsp3) is 0. The molecule has 0 N–H and O–H groups in total.